The van der Waals surface area contributed by atoms with Crippen LogP contribution in [0.3, 0.4) is 0 Å². The summed E-state index contributed by atoms with van der Waals surface area (Å²) in [6, 6.07) is 12.9. The summed E-state index contributed by atoms with van der Waals surface area (Å²) in [6.45, 7) is 4.18. The van der Waals surface area contributed by atoms with Gasteiger partial charge in [0.05, 0.1) is 18.6 Å². The first kappa shape index (κ1) is 15.6. The van der Waals surface area contributed by atoms with Gasteiger partial charge in [-0.1, -0.05) is 6.07 Å². The monoisotopic (exact) mass is 350 g/mol. The van der Waals surface area contributed by atoms with E-state index < -0.39 is 0 Å². The van der Waals surface area contributed by atoms with Gasteiger partial charge >= 0.3 is 0 Å². The molecular formula is C21H22N2O3. The second-order valence-corrected chi connectivity index (χ2v) is 6.89. The highest BCUT2D eigenvalue weighted by Crippen LogP contribution is 2.35. The molecule has 0 bridgehead atoms. The molecule has 0 N–H and O–H groups in total. The predicted octanol–water partition coefficient (Wildman–Crippen LogP) is 3.85. The van der Waals surface area contributed by atoms with Crippen molar-refractivity contribution < 1.29 is 13.9 Å². The maximum atomic E-state index is 5.76. The van der Waals surface area contributed by atoms with Crippen LogP contribution in [0, 0.1) is 0 Å². The first-order valence-electron chi connectivity index (χ1n) is 9.18. The van der Waals surface area contributed by atoms with E-state index in [1.54, 1.807) is 6.26 Å². The molecule has 5 heteroatoms. The molecule has 0 saturated carbocycles. The van der Waals surface area contributed by atoms with E-state index in [9.17, 15) is 0 Å². The van der Waals surface area contributed by atoms with Gasteiger partial charge in [-0.2, -0.15) is 0 Å². The van der Waals surface area contributed by atoms with E-state index in [1.165, 1.54) is 16.8 Å². The molecule has 1 atom stereocenters. The van der Waals surface area contributed by atoms with Crippen molar-refractivity contribution in [2.75, 3.05) is 19.8 Å². The molecule has 0 spiro atoms. The van der Waals surface area contributed by atoms with Crippen molar-refractivity contribution in [2.24, 2.45) is 0 Å². The van der Waals surface area contributed by atoms with E-state index in [4.69, 9.17) is 13.9 Å². The van der Waals surface area contributed by atoms with Crippen LogP contribution in [-0.4, -0.2) is 29.2 Å². The number of aryl methyl sites for hydroxylation is 1. The van der Waals surface area contributed by atoms with Gasteiger partial charge < -0.3 is 18.5 Å². The van der Waals surface area contributed by atoms with Gasteiger partial charge in [0.15, 0.2) is 11.5 Å². The van der Waals surface area contributed by atoms with Gasteiger partial charge in [0, 0.05) is 37.1 Å². The summed E-state index contributed by atoms with van der Waals surface area (Å²) in [6.07, 6.45) is 6.93. The third kappa shape index (κ3) is 2.78. The zero-order valence-electron chi connectivity index (χ0n) is 14.6. The predicted molar refractivity (Wildman–Crippen MR) is 97.4 cm³/mol. The van der Waals surface area contributed by atoms with E-state index in [0.717, 1.165) is 37.6 Å². The maximum Gasteiger partial charge on any atom is 0.161 e. The zero-order chi connectivity index (χ0) is 17.3. The van der Waals surface area contributed by atoms with E-state index in [-0.39, 0.29) is 6.04 Å². The number of furan rings is 1. The summed E-state index contributed by atoms with van der Waals surface area (Å²) >= 11 is 0. The van der Waals surface area contributed by atoms with Crippen molar-refractivity contribution in [3.05, 3.63) is 71.9 Å². The highest BCUT2D eigenvalue weighted by molar-refractivity contribution is 5.44. The van der Waals surface area contributed by atoms with Gasteiger partial charge in [0.1, 0.15) is 13.2 Å². The Morgan fingerprint density at radius 1 is 1.00 bits per heavy atom. The Balaban J connectivity index is 1.48. The van der Waals surface area contributed by atoms with Crippen molar-refractivity contribution in [3.8, 4) is 11.5 Å². The van der Waals surface area contributed by atoms with Gasteiger partial charge in [-0.25, -0.2) is 0 Å². The first-order chi connectivity index (χ1) is 12.9. The third-order valence-electron chi connectivity index (χ3n) is 5.21. The summed E-state index contributed by atoms with van der Waals surface area (Å²) in [5, 5.41) is 0. The Kier molecular flexibility index (Phi) is 3.94. The number of aromatic nitrogens is 1. The third-order valence-corrected chi connectivity index (χ3v) is 5.21. The normalized spacial score (nSPS) is 19.8. The Labute approximate surface area is 152 Å². The number of hydrogen-bond acceptors (Lipinski definition) is 4. The van der Waals surface area contributed by atoms with Crippen molar-refractivity contribution in [2.45, 2.75) is 25.6 Å². The summed E-state index contributed by atoms with van der Waals surface area (Å²) in [5.74, 6) is 1.70. The van der Waals surface area contributed by atoms with E-state index >= 15 is 0 Å². The van der Waals surface area contributed by atoms with E-state index in [2.05, 4.69) is 46.0 Å². The molecule has 134 valence electrons. The lowest BCUT2D eigenvalue weighted by Crippen LogP contribution is -2.29. The molecule has 1 aromatic carbocycles. The van der Waals surface area contributed by atoms with Crippen LogP contribution in [0.4, 0.5) is 0 Å². The van der Waals surface area contributed by atoms with Gasteiger partial charge in [0.25, 0.3) is 0 Å². The molecule has 5 rings (SSSR count). The lowest BCUT2D eigenvalue weighted by atomic mass is 10.0. The molecule has 4 heterocycles. The minimum Gasteiger partial charge on any atom is -0.486 e. The van der Waals surface area contributed by atoms with Crippen LogP contribution < -0.4 is 9.47 Å². The molecule has 3 aromatic rings. The second-order valence-electron chi connectivity index (χ2n) is 6.89. The fourth-order valence-corrected chi connectivity index (χ4v) is 4.04. The van der Waals surface area contributed by atoms with Crippen molar-refractivity contribution in [1.29, 1.82) is 0 Å². The Morgan fingerprint density at radius 3 is 2.81 bits per heavy atom. The largest absolute Gasteiger partial charge is 0.486 e. The average Bonchev–Trinajstić information content (AvgIpc) is 3.32. The topological polar surface area (TPSA) is 39.8 Å². The molecule has 0 fully saturated rings. The zero-order valence-corrected chi connectivity index (χ0v) is 14.6. The lowest BCUT2D eigenvalue weighted by molar-refractivity contribution is 0.170. The fourth-order valence-electron chi connectivity index (χ4n) is 4.04. The fraction of sp³-hybridized carbons (Fsp3) is 0.333. The SMILES string of the molecule is c1cc2n(c1)CCCN(Cc1ccc3c(c1)OCCO3)C2c1ccoc1. The van der Waals surface area contributed by atoms with Crippen LogP contribution >= 0.6 is 0 Å². The van der Waals surface area contributed by atoms with E-state index in [1.807, 2.05) is 12.3 Å². The Morgan fingerprint density at radius 2 is 1.92 bits per heavy atom. The first-order valence-corrected chi connectivity index (χ1v) is 9.18. The number of hydrogen-bond donors (Lipinski definition) is 0. The Hall–Kier alpha value is -2.66. The van der Waals surface area contributed by atoms with Crippen LogP contribution in [-0.2, 0) is 13.1 Å². The van der Waals surface area contributed by atoms with E-state index in [0.29, 0.717) is 13.2 Å². The van der Waals surface area contributed by atoms with Crippen LogP contribution in [0.1, 0.15) is 29.3 Å². The average molecular weight is 350 g/mol. The summed E-state index contributed by atoms with van der Waals surface area (Å²) in [4.78, 5) is 2.52. The van der Waals surface area contributed by atoms with Crippen molar-refractivity contribution in [3.63, 3.8) is 0 Å². The molecule has 0 amide bonds. The van der Waals surface area contributed by atoms with Crippen LogP contribution in [0.25, 0.3) is 0 Å². The molecule has 1 unspecified atom stereocenters. The maximum absolute atomic E-state index is 5.76. The number of fused-ring (bicyclic) bond motifs is 2. The van der Waals surface area contributed by atoms with Crippen LogP contribution in [0.2, 0.25) is 0 Å². The summed E-state index contributed by atoms with van der Waals surface area (Å²) < 4.78 is 19.2. The number of rotatable bonds is 3. The van der Waals surface area contributed by atoms with Gasteiger partial charge in [-0.05, 0) is 42.3 Å². The van der Waals surface area contributed by atoms with Gasteiger partial charge in [-0.3, -0.25) is 4.90 Å². The van der Waals surface area contributed by atoms with Crippen LogP contribution in [0.15, 0.2) is 59.5 Å². The minimum absolute atomic E-state index is 0.194. The quantitative estimate of drug-likeness (QED) is 0.719. The molecule has 2 aliphatic rings. The molecule has 0 aliphatic carbocycles. The number of benzene rings is 1. The van der Waals surface area contributed by atoms with Crippen molar-refractivity contribution in [1.82, 2.24) is 9.47 Å². The highest BCUT2D eigenvalue weighted by atomic mass is 16.6. The van der Waals surface area contributed by atoms with Crippen LogP contribution in [0.5, 0.6) is 11.5 Å². The second kappa shape index (κ2) is 6.57. The van der Waals surface area contributed by atoms with Crippen molar-refractivity contribution >= 4 is 0 Å². The summed E-state index contributed by atoms with van der Waals surface area (Å²) in [7, 11) is 0. The summed E-state index contributed by atoms with van der Waals surface area (Å²) in [5.41, 5.74) is 3.76. The molecule has 0 saturated heterocycles. The molecule has 26 heavy (non-hydrogen) atoms. The van der Waals surface area contributed by atoms with Gasteiger partial charge in [-0.15, -0.1) is 0 Å². The molecule has 2 aliphatic heterocycles. The molecule has 5 nitrogen and oxygen atoms in total. The number of nitrogens with zero attached hydrogens (tertiary/aromatic N) is 2. The minimum atomic E-state index is 0.194. The smallest absolute Gasteiger partial charge is 0.161 e. The lowest BCUT2D eigenvalue weighted by Gasteiger charge is -2.30. The molecule has 2 aromatic heterocycles. The Bertz CT molecular complexity index is 885. The standard InChI is InChI=1S/C21H22N2O3/c1-3-18-21(17-6-10-24-15-17)23(9-2-8-22(18)7-1)14-16-4-5-19-20(13-16)26-12-11-25-19/h1,3-7,10,13,15,21H,2,8-9,11-12,14H2. The highest BCUT2D eigenvalue weighted by Gasteiger charge is 2.28. The van der Waals surface area contributed by atoms with Gasteiger partial charge in [0.2, 0.25) is 0 Å². The molecule has 0 radical (unpaired) electrons. The molecular weight excluding hydrogens is 328 g/mol. The number of ether oxygens (including phenoxy) is 2.